The van der Waals surface area contributed by atoms with Crippen molar-refractivity contribution in [3.05, 3.63) is 57.2 Å². The highest BCUT2D eigenvalue weighted by Gasteiger charge is 2.19. The Labute approximate surface area is 139 Å². The molecule has 0 aliphatic carbocycles. The summed E-state index contributed by atoms with van der Waals surface area (Å²) in [7, 11) is -3.81. The molecule has 0 radical (unpaired) electrons. The number of hydrogen-bond donors (Lipinski definition) is 0. The van der Waals surface area contributed by atoms with Crippen molar-refractivity contribution in [2.75, 3.05) is 0 Å². The molecule has 112 valence electrons. The summed E-state index contributed by atoms with van der Waals surface area (Å²) in [4.78, 5) is 0.166. The van der Waals surface area contributed by atoms with Gasteiger partial charge in [-0.05, 0) is 76.9 Å². The molecule has 0 N–H and O–H groups in total. The summed E-state index contributed by atoms with van der Waals surface area (Å²) in [5.41, 5.74) is 1.85. The second kappa shape index (κ2) is 6.36. The van der Waals surface area contributed by atoms with Gasteiger partial charge in [0, 0.05) is 3.57 Å². The standard InChI is InChI=1S/C16H17IO3S/c1-11(2)15-9-4-12(3)10-16(15)20-21(18,19)14-7-5-13(17)6-8-14/h4-11H,1-3H3. The summed E-state index contributed by atoms with van der Waals surface area (Å²) in [5.74, 6) is 0.594. The summed E-state index contributed by atoms with van der Waals surface area (Å²) in [6.07, 6.45) is 0. The minimum Gasteiger partial charge on any atom is -0.379 e. The Kier molecular flexibility index (Phi) is 4.93. The largest absolute Gasteiger partial charge is 0.379 e. The molecule has 0 aliphatic rings. The van der Waals surface area contributed by atoms with Gasteiger partial charge in [-0.3, -0.25) is 0 Å². The lowest BCUT2D eigenvalue weighted by atomic mass is 10.0. The number of rotatable bonds is 4. The Morgan fingerprint density at radius 2 is 1.67 bits per heavy atom. The van der Waals surface area contributed by atoms with Crippen LogP contribution in [0.1, 0.15) is 30.9 Å². The third kappa shape index (κ3) is 3.97. The number of aryl methyl sites for hydroxylation is 1. The van der Waals surface area contributed by atoms with Gasteiger partial charge in [0.05, 0.1) is 0 Å². The first-order valence-electron chi connectivity index (χ1n) is 6.60. The van der Waals surface area contributed by atoms with E-state index in [0.29, 0.717) is 5.75 Å². The Balaban J connectivity index is 2.41. The number of halogens is 1. The first-order valence-corrected chi connectivity index (χ1v) is 9.09. The molecule has 0 amide bonds. The van der Waals surface area contributed by atoms with Crippen molar-refractivity contribution in [1.29, 1.82) is 0 Å². The van der Waals surface area contributed by atoms with Crippen molar-refractivity contribution in [2.24, 2.45) is 0 Å². The van der Waals surface area contributed by atoms with Crippen LogP contribution in [-0.2, 0) is 10.1 Å². The second-order valence-corrected chi connectivity index (χ2v) is 7.98. The van der Waals surface area contributed by atoms with E-state index in [9.17, 15) is 8.42 Å². The molecule has 3 nitrogen and oxygen atoms in total. The van der Waals surface area contributed by atoms with Crippen LogP contribution in [0, 0.1) is 10.5 Å². The van der Waals surface area contributed by atoms with E-state index in [0.717, 1.165) is 14.7 Å². The lowest BCUT2D eigenvalue weighted by Crippen LogP contribution is -2.11. The highest BCUT2D eigenvalue weighted by Crippen LogP contribution is 2.30. The molecule has 0 saturated carbocycles. The Morgan fingerprint density at radius 3 is 2.24 bits per heavy atom. The van der Waals surface area contributed by atoms with Crippen LogP contribution < -0.4 is 4.18 Å². The maximum absolute atomic E-state index is 12.4. The highest BCUT2D eigenvalue weighted by atomic mass is 127. The van der Waals surface area contributed by atoms with E-state index in [-0.39, 0.29) is 10.8 Å². The van der Waals surface area contributed by atoms with Crippen LogP contribution in [0.3, 0.4) is 0 Å². The van der Waals surface area contributed by atoms with Gasteiger partial charge in [-0.2, -0.15) is 8.42 Å². The monoisotopic (exact) mass is 416 g/mol. The normalized spacial score (nSPS) is 11.7. The van der Waals surface area contributed by atoms with Crippen molar-refractivity contribution in [1.82, 2.24) is 0 Å². The molecule has 0 saturated heterocycles. The van der Waals surface area contributed by atoms with Gasteiger partial charge in [0.15, 0.2) is 0 Å². The minimum atomic E-state index is -3.81. The van der Waals surface area contributed by atoms with Gasteiger partial charge in [-0.1, -0.05) is 26.0 Å². The van der Waals surface area contributed by atoms with E-state index in [1.165, 1.54) is 0 Å². The van der Waals surface area contributed by atoms with Crippen LogP contribution in [0.4, 0.5) is 0 Å². The predicted octanol–water partition coefficient (Wildman–Crippen LogP) is 4.49. The average molecular weight is 416 g/mol. The third-order valence-electron chi connectivity index (χ3n) is 3.09. The SMILES string of the molecule is Cc1ccc(C(C)C)c(OS(=O)(=O)c2ccc(I)cc2)c1. The van der Waals surface area contributed by atoms with Gasteiger partial charge in [0.2, 0.25) is 0 Å². The summed E-state index contributed by atoms with van der Waals surface area (Å²) >= 11 is 2.13. The Morgan fingerprint density at radius 1 is 1.05 bits per heavy atom. The molecule has 0 bridgehead atoms. The summed E-state index contributed by atoms with van der Waals surface area (Å²) < 4.78 is 31.1. The van der Waals surface area contributed by atoms with Crippen LogP contribution in [0.2, 0.25) is 0 Å². The van der Waals surface area contributed by atoms with Crippen LogP contribution in [-0.4, -0.2) is 8.42 Å². The van der Waals surface area contributed by atoms with Gasteiger partial charge in [0.25, 0.3) is 0 Å². The molecule has 0 unspecified atom stereocenters. The maximum Gasteiger partial charge on any atom is 0.339 e. The van der Waals surface area contributed by atoms with Crippen LogP contribution >= 0.6 is 22.6 Å². The third-order valence-corrected chi connectivity index (χ3v) is 5.06. The minimum absolute atomic E-state index is 0.166. The van der Waals surface area contributed by atoms with Crippen molar-refractivity contribution in [3.63, 3.8) is 0 Å². The molecule has 21 heavy (non-hydrogen) atoms. The molecular formula is C16H17IO3S. The van der Waals surface area contributed by atoms with E-state index in [2.05, 4.69) is 22.6 Å². The van der Waals surface area contributed by atoms with Crippen molar-refractivity contribution < 1.29 is 12.6 Å². The van der Waals surface area contributed by atoms with E-state index >= 15 is 0 Å². The number of benzene rings is 2. The first-order chi connectivity index (χ1) is 9.79. The molecule has 0 heterocycles. The molecule has 5 heteroatoms. The molecule has 2 rings (SSSR count). The summed E-state index contributed by atoms with van der Waals surface area (Å²) in [6.45, 7) is 5.93. The van der Waals surface area contributed by atoms with Crippen LogP contribution in [0.15, 0.2) is 47.4 Å². The molecule has 0 aliphatic heterocycles. The lowest BCUT2D eigenvalue weighted by Gasteiger charge is -2.14. The summed E-state index contributed by atoms with van der Waals surface area (Å²) in [5, 5.41) is 0. The van der Waals surface area contributed by atoms with Gasteiger partial charge in [0.1, 0.15) is 10.6 Å². The fraction of sp³-hybridized carbons (Fsp3) is 0.250. The summed E-state index contributed by atoms with van der Waals surface area (Å²) in [6, 6.07) is 12.2. The topological polar surface area (TPSA) is 43.4 Å². The van der Waals surface area contributed by atoms with E-state index in [1.807, 2.05) is 32.9 Å². The quantitative estimate of drug-likeness (QED) is 0.545. The fourth-order valence-corrected chi connectivity index (χ4v) is 3.26. The zero-order chi connectivity index (χ0) is 15.6. The van der Waals surface area contributed by atoms with E-state index in [4.69, 9.17) is 4.18 Å². The fourth-order valence-electron chi connectivity index (χ4n) is 1.96. The zero-order valence-electron chi connectivity index (χ0n) is 12.1. The molecule has 0 spiro atoms. The number of hydrogen-bond acceptors (Lipinski definition) is 3. The Bertz CT molecular complexity index is 735. The van der Waals surface area contributed by atoms with Gasteiger partial charge in [-0.15, -0.1) is 0 Å². The van der Waals surface area contributed by atoms with Crippen molar-refractivity contribution in [3.8, 4) is 5.75 Å². The molecule has 0 atom stereocenters. The molecule has 0 aromatic heterocycles. The first kappa shape index (κ1) is 16.3. The average Bonchev–Trinajstić information content (AvgIpc) is 2.38. The van der Waals surface area contributed by atoms with Crippen LogP contribution in [0.5, 0.6) is 5.75 Å². The zero-order valence-corrected chi connectivity index (χ0v) is 15.1. The predicted molar refractivity (Wildman–Crippen MR) is 92.2 cm³/mol. The maximum atomic E-state index is 12.4. The van der Waals surface area contributed by atoms with Gasteiger partial charge >= 0.3 is 10.1 Å². The van der Waals surface area contributed by atoms with Crippen molar-refractivity contribution >= 4 is 32.7 Å². The molecular weight excluding hydrogens is 399 g/mol. The van der Waals surface area contributed by atoms with Crippen molar-refractivity contribution in [2.45, 2.75) is 31.6 Å². The second-order valence-electron chi connectivity index (χ2n) is 5.19. The van der Waals surface area contributed by atoms with E-state index < -0.39 is 10.1 Å². The smallest absolute Gasteiger partial charge is 0.339 e. The lowest BCUT2D eigenvalue weighted by molar-refractivity contribution is 0.481. The molecule has 2 aromatic rings. The Hall–Kier alpha value is -1.08. The molecule has 2 aromatic carbocycles. The van der Waals surface area contributed by atoms with Gasteiger partial charge < -0.3 is 4.18 Å². The highest BCUT2D eigenvalue weighted by molar-refractivity contribution is 14.1. The van der Waals surface area contributed by atoms with E-state index in [1.54, 1.807) is 30.3 Å². The van der Waals surface area contributed by atoms with Gasteiger partial charge in [-0.25, -0.2) is 0 Å². The van der Waals surface area contributed by atoms with Crippen LogP contribution in [0.25, 0.3) is 0 Å². The molecule has 0 fully saturated rings.